The third-order valence-electron chi connectivity index (χ3n) is 17.4. The summed E-state index contributed by atoms with van der Waals surface area (Å²) in [6.45, 7) is 8.29. The molecule has 0 spiro atoms. The van der Waals surface area contributed by atoms with Gasteiger partial charge in [-0.2, -0.15) is 0 Å². The van der Waals surface area contributed by atoms with Gasteiger partial charge < -0.3 is 29.5 Å². The standard InChI is InChI=1S/C75H135NO12/c1-67(55-49-43-37-31-25-19-13-7-4-10-16-22-28-34-40-46-52-64-86-73(83)61-58-70(77)78)76(68(2)56-50-44-38-32-26-20-14-8-5-11-17-23-29-35-41-47-53-65-87-74(84)62-59-71(79)80)69(3)57-51-45-39-33-27-21-15-9-6-12-18-24-30-36-42-48-54-66-88-75(85)63-60-72(81)82/h46-48,52-54,67-69H,4-45,49-51,55-66H2,1-3H3,(H,77,78)(H,79,80)(H,81,82)/b52-46+,53-47+,54-48+. The molecule has 0 saturated heterocycles. The van der Waals surface area contributed by atoms with Gasteiger partial charge in [-0.3, -0.25) is 33.7 Å². The molecule has 0 bridgehead atoms. The molecule has 0 aliphatic heterocycles. The second-order valence-corrected chi connectivity index (χ2v) is 25.7. The average Bonchev–Trinajstić information content (AvgIpc) is 3.58. The number of nitrogens with zero attached hydrogens (tertiary/aromatic N) is 1. The quantitative estimate of drug-likeness (QED) is 0.0226. The molecule has 0 aliphatic rings. The first kappa shape index (κ1) is 84.0. The van der Waals surface area contributed by atoms with E-state index in [1.165, 1.54) is 270 Å². The predicted octanol–water partition coefficient (Wildman–Crippen LogP) is 21.1. The van der Waals surface area contributed by atoms with E-state index in [0.29, 0.717) is 18.1 Å². The maximum Gasteiger partial charge on any atom is 0.306 e. The van der Waals surface area contributed by atoms with Crippen LogP contribution in [0.4, 0.5) is 0 Å². The van der Waals surface area contributed by atoms with Crippen molar-refractivity contribution in [2.75, 3.05) is 19.8 Å². The highest BCUT2D eigenvalue weighted by atomic mass is 16.5. The Morgan fingerprint density at radius 2 is 0.432 bits per heavy atom. The van der Waals surface area contributed by atoms with Crippen LogP contribution in [-0.4, -0.2) is 94.0 Å². The molecule has 88 heavy (non-hydrogen) atoms. The zero-order chi connectivity index (χ0) is 64.4. The lowest BCUT2D eigenvalue weighted by molar-refractivity contribution is -0.146. The van der Waals surface area contributed by atoms with Crippen LogP contribution >= 0.6 is 0 Å². The van der Waals surface area contributed by atoms with Crippen molar-refractivity contribution in [2.24, 2.45) is 0 Å². The van der Waals surface area contributed by atoms with Crippen LogP contribution < -0.4 is 0 Å². The van der Waals surface area contributed by atoms with Gasteiger partial charge in [0, 0.05) is 18.1 Å². The zero-order valence-corrected chi connectivity index (χ0v) is 57.0. The summed E-state index contributed by atoms with van der Waals surface area (Å²) in [5.41, 5.74) is 0. The number of esters is 3. The van der Waals surface area contributed by atoms with Gasteiger partial charge in [-0.1, -0.05) is 287 Å². The van der Waals surface area contributed by atoms with Crippen molar-refractivity contribution in [3.05, 3.63) is 36.5 Å². The van der Waals surface area contributed by atoms with Gasteiger partial charge in [0.2, 0.25) is 0 Å². The largest absolute Gasteiger partial charge is 0.481 e. The van der Waals surface area contributed by atoms with Gasteiger partial charge >= 0.3 is 35.8 Å². The number of carbonyl (C=O) groups is 6. The lowest BCUT2D eigenvalue weighted by atomic mass is 9.97. The molecular weight excluding hydrogens is 1110 g/mol. The van der Waals surface area contributed by atoms with E-state index in [-0.39, 0.29) is 58.3 Å². The van der Waals surface area contributed by atoms with Gasteiger partial charge in [-0.05, 0) is 78.6 Å². The molecule has 13 heteroatoms. The molecule has 0 aromatic rings. The molecule has 3 unspecified atom stereocenters. The van der Waals surface area contributed by atoms with E-state index < -0.39 is 35.8 Å². The van der Waals surface area contributed by atoms with Crippen molar-refractivity contribution in [1.29, 1.82) is 0 Å². The normalized spacial score (nSPS) is 12.8. The summed E-state index contributed by atoms with van der Waals surface area (Å²) in [6.07, 6.45) is 74.1. The Morgan fingerprint density at radius 1 is 0.261 bits per heavy atom. The van der Waals surface area contributed by atoms with E-state index in [2.05, 4.69) is 43.9 Å². The maximum atomic E-state index is 11.5. The van der Waals surface area contributed by atoms with Gasteiger partial charge in [0.05, 0.1) is 38.5 Å². The molecule has 0 amide bonds. The third-order valence-corrected chi connectivity index (χ3v) is 17.4. The fourth-order valence-corrected chi connectivity index (χ4v) is 12.0. The summed E-state index contributed by atoms with van der Waals surface area (Å²) in [7, 11) is 0. The van der Waals surface area contributed by atoms with Gasteiger partial charge in [0.25, 0.3) is 0 Å². The van der Waals surface area contributed by atoms with E-state index in [9.17, 15) is 28.8 Å². The van der Waals surface area contributed by atoms with Crippen LogP contribution in [0.3, 0.4) is 0 Å². The highest BCUT2D eigenvalue weighted by Gasteiger charge is 2.25. The SMILES string of the molecule is CC(CCCCCCCCCCCCCCCC/C=C/COC(=O)CCC(=O)O)N(C(C)CCCCCCCCCCCCCCCC/C=C/COC(=O)CCC(=O)O)C(C)CCCCCCCCCCCCCCCC/C=C/COC(=O)CCC(=O)O. The zero-order valence-electron chi connectivity index (χ0n) is 57.0. The Hall–Kier alpha value is -4.00. The Kier molecular flexibility index (Phi) is 62.9. The number of hydrogen-bond acceptors (Lipinski definition) is 10. The number of carbonyl (C=O) groups excluding carboxylic acids is 3. The number of carboxylic acids is 3. The van der Waals surface area contributed by atoms with Gasteiger partial charge in [-0.25, -0.2) is 0 Å². The van der Waals surface area contributed by atoms with Crippen LogP contribution in [0.1, 0.15) is 367 Å². The van der Waals surface area contributed by atoms with Gasteiger partial charge in [0.1, 0.15) is 19.8 Å². The number of ether oxygens (including phenoxy) is 3. The van der Waals surface area contributed by atoms with Gasteiger partial charge in [0.15, 0.2) is 0 Å². The first-order valence-corrected chi connectivity index (χ1v) is 36.7. The summed E-state index contributed by atoms with van der Waals surface area (Å²) >= 11 is 0. The van der Waals surface area contributed by atoms with E-state index in [0.717, 1.165) is 38.5 Å². The van der Waals surface area contributed by atoms with Crippen LogP contribution in [0.25, 0.3) is 0 Å². The fraction of sp³-hybridized carbons (Fsp3) is 0.840. The molecule has 0 aromatic carbocycles. The smallest absolute Gasteiger partial charge is 0.306 e. The second-order valence-electron chi connectivity index (χ2n) is 25.7. The summed E-state index contributed by atoms with van der Waals surface area (Å²) in [5.74, 6) is -4.31. The van der Waals surface area contributed by atoms with Crippen molar-refractivity contribution < 1.29 is 58.3 Å². The predicted molar refractivity (Wildman–Crippen MR) is 363 cm³/mol. The minimum Gasteiger partial charge on any atom is -0.481 e. The van der Waals surface area contributed by atoms with Crippen LogP contribution in [0, 0.1) is 0 Å². The number of rotatable bonds is 69. The van der Waals surface area contributed by atoms with Crippen molar-refractivity contribution in [3.8, 4) is 0 Å². The summed E-state index contributed by atoms with van der Waals surface area (Å²) < 4.78 is 15.1. The molecule has 3 N–H and O–H groups in total. The van der Waals surface area contributed by atoms with Crippen molar-refractivity contribution in [3.63, 3.8) is 0 Å². The summed E-state index contributed by atoms with van der Waals surface area (Å²) in [5, 5.41) is 25.9. The molecule has 0 aromatic heterocycles. The average molecular weight is 1240 g/mol. The topological polar surface area (TPSA) is 194 Å². The molecule has 13 nitrogen and oxygen atoms in total. The Balaban J connectivity index is 4.39. The highest BCUT2D eigenvalue weighted by molar-refractivity contribution is 5.77. The molecular formula is C75H135NO12. The first-order chi connectivity index (χ1) is 42.8. The van der Waals surface area contributed by atoms with Crippen LogP contribution in [0.2, 0.25) is 0 Å². The molecule has 0 saturated carbocycles. The number of hydrogen-bond donors (Lipinski definition) is 3. The van der Waals surface area contributed by atoms with Crippen molar-refractivity contribution >= 4 is 35.8 Å². The molecule has 0 fully saturated rings. The minimum absolute atomic E-state index is 0.0711. The minimum atomic E-state index is -0.981. The number of unbranched alkanes of at least 4 members (excludes halogenated alkanes) is 42. The summed E-state index contributed by atoms with van der Waals surface area (Å²) in [6, 6.07) is 1.92. The molecule has 0 rings (SSSR count). The van der Waals surface area contributed by atoms with Crippen molar-refractivity contribution in [2.45, 2.75) is 386 Å². The van der Waals surface area contributed by atoms with Crippen LogP contribution in [0.5, 0.6) is 0 Å². The first-order valence-electron chi connectivity index (χ1n) is 36.7. The fourth-order valence-electron chi connectivity index (χ4n) is 12.0. The highest BCUT2D eigenvalue weighted by Crippen LogP contribution is 2.25. The lowest BCUT2D eigenvalue weighted by Gasteiger charge is -2.40. The Labute approximate surface area is 538 Å². The van der Waals surface area contributed by atoms with E-state index in [1.807, 2.05) is 18.2 Å². The number of carboxylic acid groups (broad SMARTS) is 3. The molecule has 0 radical (unpaired) electrons. The number of aliphatic carboxylic acids is 3. The second kappa shape index (κ2) is 65.9. The molecule has 3 atom stereocenters. The van der Waals surface area contributed by atoms with Crippen LogP contribution in [0.15, 0.2) is 36.5 Å². The van der Waals surface area contributed by atoms with E-state index >= 15 is 0 Å². The monoisotopic (exact) mass is 1240 g/mol. The summed E-state index contributed by atoms with van der Waals surface area (Å²) in [4.78, 5) is 69.0. The van der Waals surface area contributed by atoms with E-state index in [4.69, 9.17) is 29.5 Å². The Bertz CT molecular complexity index is 1540. The number of allylic oxidation sites excluding steroid dienone is 3. The van der Waals surface area contributed by atoms with E-state index in [1.54, 1.807) is 0 Å². The Morgan fingerprint density at radius 3 is 0.614 bits per heavy atom. The van der Waals surface area contributed by atoms with Crippen LogP contribution in [-0.2, 0) is 43.0 Å². The molecule has 512 valence electrons. The van der Waals surface area contributed by atoms with Crippen molar-refractivity contribution in [1.82, 2.24) is 4.90 Å². The molecule has 0 aliphatic carbocycles. The van der Waals surface area contributed by atoms with Gasteiger partial charge in [-0.15, -0.1) is 0 Å². The lowest BCUT2D eigenvalue weighted by Crippen LogP contribution is -2.46. The molecule has 0 heterocycles. The third kappa shape index (κ3) is 63.6. The maximum absolute atomic E-state index is 11.5.